The maximum atomic E-state index is 14.1. The summed E-state index contributed by atoms with van der Waals surface area (Å²) in [4.78, 5) is 40.0. The number of allylic oxidation sites excluding steroid dienone is 1. The Kier molecular flexibility index (Phi) is 13.1. The third-order valence-electron chi connectivity index (χ3n) is 13.4. The Morgan fingerprint density at radius 3 is 2.62 bits per heavy atom. The van der Waals surface area contributed by atoms with Gasteiger partial charge in [0.2, 0.25) is 0 Å². The lowest BCUT2D eigenvalue weighted by atomic mass is 9.72. The molecule has 2 aromatic heterocycles. The number of benzene rings is 3. The normalized spacial score (nSPS) is 20.5. The molecule has 1 amide bonds. The molecule has 2 atom stereocenters. The van der Waals surface area contributed by atoms with E-state index in [2.05, 4.69) is 55.4 Å². The number of nitro groups is 1. The molecule has 3 aliphatic heterocycles. The van der Waals surface area contributed by atoms with Crippen molar-refractivity contribution in [2.75, 3.05) is 70.5 Å². The number of ether oxygens (including phenoxy) is 3. The first-order chi connectivity index (χ1) is 31.7. The Hall–Kier alpha value is -5.52. The van der Waals surface area contributed by atoms with Crippen LogP contribution in [0.25, 0.3) is 16.6 Å². The molecule has 5 aromatic rings. The predicted octanol–water partition coefficient (Wildman–Crippen LogP) is 8.48. The number of nitrogens with one attached hydrogen (secondary N) is 2. The van der Waals surface area contributed by atoms with Gasteiger partial charge in [-0.1, -0.05) is 43.2 Å². The van der Waals surface area contributed by atoms with E-state index in [1.165, 1.54) is 29.0 Å². The van der Waals surface area contributed by atoms with E-state index in [-0.39, 0.29) is 46.8 Å². The summed E-state index contributed by atoms with van der Waals surface area (Å²) in [7, 11) is -4.63. The van der Waals surface area contributed by atoms with Gasteiger partial charge in [-0.3, -0.25) is 24.7 Å². The number of rotatable bonds is 13. The summed E-state index contributed by atoms with van der Waals surface area (Å²) in [6, 6.07) is 19.2. The van der Waals surface area contributed by atoms with Crippen molar-refractivity contribution in [1.82, 2.24) is 24.5 Å². The number of aromatic amines is 1. The summed E-state index contributed by atoms with van der Waals surface area (Å²) in [6.07, 6.45) is 7.75. The second-order valence-corrected chi connectivity index (χ2v) is 20.9. The molecule has 4 aliphatic rings. The molecule has 0 saturated carbocycles. The van der Waals surface area contributed by atoms with E-state index in [9.17, 15) is 23.3 Å². The second kappa shape index (κ2) is 19.0. The summed E-state index contributed by atoms with van der Waals surface area (Å²) < 4.78 is 48.1. The van der Waals surface area contributed by atoms with Crippen LogP contribution in [0.1, 0.15) is 67.9 Å². The van der Waals surface area contributed by atoms with Crippen molar-refractivity contribution in [3.05, 3.63) is 117 Å². The van der Waals surface area contributed by atoms with Crippen LogP contribution in [0.15, 0.2) is 89.6 Å². The lowest BCUT2D eigenvalue weighted by Crippen LogP contribution is -2.47. The van der Waals surface area contributed by atoms with Gasteiger partial charge in [-0.05, 0) is 104 Å². The molecule has 15 nitrogen and oxygen atoms in total. The number of aromatic nitrogens is 2. The van der Waals surface area contributed by atoms with E-state index in [0.717, 1.165) is 100 Å². The zero-order chi connectivity index (χ0) is 46.2. The van der Waals surface area contributed by atoms with Crippen molar-refractivity contribution in [2.45, 2.75) is 63.9 Å². The van der Waals surface area contributed by atoms with Gasteiger partial charge in [-0.2, -0.15) is 0 Å². The minimum Gasteiger partial charge on any atom is -0.493 e. The number of hydrogen-bond acceptors (Lipinski definition) is 12. The van der Waals surface area contributed by atoms with Crippen molar-refractivity contribution in [3.63, 3.8) is 0 Å². The van der Waals surface area contributed by atoms with Crippen molar-refractivity contribution < 1.29 is 32.3 Å². The van der Waals surface area contributed by atoms with Crippen LogP contribution in [-0.2, 0) is 21.2 Å². The molecule has 2 saturated heterocycles. The molecule has 0 spiro atoms. The smallest absolute Gasteiger partial charge is 0.277 e. The maximum Gasteiger partial charge on any atom is 0.277 e. The first-order valence-electron chi connectivity index (χ1n) is 22.7. The first kappa shape index (κ1) is 45.6. The highest BCUT2D eigenvalue weighted by Crippen LogP contribution is 2.44. The Balaban J connectivity index is 0.924. The second-order valence-electron chi connectivity index (χ2n) is 18.8. The lowest BCUT2D eigenvalue weighted by Gasteiger charge is -2.39. The molecule has 0 radical (unpaired) electrons. The van der Waals surface area contributed by atoms with Gasteiger partial charge in [0.1, 0.15) is 22.9 Å². The van der Waals surface area contributed by atoms with Crippen LogP contribution in [0.3, 0.4) is 0 Å². The molecule has 0 bridgehead atoms. The molecule has 0 unspecified atom stereocenters. The fourth-order valence-electron chi connectivity index (χ4n) is 9.67. The average Bonchev–Trinajstić information content (AvgIpc) is 3.77. The number of H-pyrrole nitrogens is 1. The third kappa shape index (κ3) is 10.4. The molecule has 2 N–H and O–H groups in total. The number of hydrogen-bond donors (Lipinski definition) is 2. The van der Waals surface area contributed by atoms with Crippen LogP contribution in [0.5, 0.6) is 17.2 Å². The number of anilines is 1. The SMILES string of the molecule is C[C@H]1CN(CC[C@H]2COc3cc(S(=O)(=O)NC(=O)c4ccc(N5CCN(CC6=C(c7ccc(Cl)cc7)CC(C)(C)CC6)CC5)cc4Oc4cnc5[nH]ccc5c4)cc([N+](=O)[O-])c3C2)CCO1. The number of sulfonamides is 1. The minimum absolute atomic E-state index is 0.0101. The van der Waals surface area contributed by atoms with Crippen LogP contribution in [0.4, 0.5) is 11.4 Å². The van der Waals surface area contributed by atoms with Crippen LogP contribution >= 0.6 is 11.6 Å². The largest absolute Gasteiger partial charge is 0.493 e. The Bertz CT molecular complexity index is 2770. The van der Waals surface area contributed by atoms with Crippen LogP contribution < -0.4 is 19.1 Å². The van der Waals surface area contributed by atoms with Gasteiger partial charge >= 0.3 is 0 Å². The van der Waals surface area contributed by atoms with Crippen molar-refractivity contribution in [3.8, 4) is 17.2 Å². The topological polar surface area (TPSA) is 172 Å². The lowest BCUT2D eigenvalue weighted by molar-refractivity contribution is -0.386. The standard InChI is InChI=1S/C49H56ClN7O8S/c1-32-29-54(20-21-63-32)15-12-33-22-42-44(57(59)60)25-40(26-45(42)64-31-33)66(61,62)53-48(58)41-9-8-38(24-46(41)65-39-23-35-11-14-51-47(35)52-28-39)56-18-16-55(17-19-56)30-36-10-13-49(2,3)27-43(36)34-4-6-37(50)7-5-34/h4-9,11,14,23-26,28,32-33H,10,12-13,15-22,27,29-31H2,1-3H3,(H,51,52)(H,53,58)/t32-,33+/m0/s1. The van der Waals surface area contributed by atoms with E-state index in [1.54, 1.807) is 30.5 Å². The summed E-state index contributed by atoms with van der Waals surface area (Å²) >= 11 is 6.25. The Morgan fingerprint density at radius 2 is 1.85 bits per heavy atom. The number of amides is 1. The van der Waals surface area contributed by atoms with Gasteiger partial charge in [0, 0.05) is 86.3 Å². The van der Waals surface area contributed by atoms with Gasteiger partial charge in [0.05, 0.1) is 46.5 Å². The van der Waals surface area contributed by atoms with Gasteiger partial charge in [0.15, 0.2) is 0 Å². The first-order valence-corrected chi connectivity index (χ1v) is 24.6. The number of fused-ring (bicyclic) bond motifs is 2. The number of piperazine rings is 1. The minimum atomic E-state index is -4.63. The molecule has 66 heavy (non-hydrogen) atoms. The molecular weight excluding hydrogens is 882 g/mol. The van der Waals surface area contributed by atoms with E-state index in [1.807, 2.05) is 25.1 Å². The number of carbonyl (C=O) groups is 1. The molecule has 17 heteroatoms. The van der Waals surface area contributed by atoms with Gasteiger partial charge < -0.3 is 24.1 Å². The average molecular weight is 939 g/mol. The molecule has 1 aliphatic carbocycles. The van der Waals surface area contributed by atoms with E-state index in [0.29, 0.717) is 30.0 Å². The number of halogens is 1. The van der Waals surface area contributed by atoms with Crippen LogP contribution in [-0.4, -0.2) is 111 Å². The highest BCUT2D eigenvalue weighted by molar-refractivity contribution is 7.90. The van der Waals surface area contributed by atoms with Crippen molar-refractivity contribution in [1.29, 1.82) is 0 Å². The third-order valence-corrected chi connectivity index (χ3v) is 14.9. The van der Waals surface area contributed by atoms with Crippen LogP contribution in [0, 0.1) is 21.4 Å². The van der Waals surface area contributed by atoms with E-state index in [4.69, 9.17) is 25.8 Å². The molecule has 3 aromatic carbocycles. The summed E-state index contributed by atoms with van der Waals surface area (Å²) in [6.45, 7) is 14.0. The number of morpholine rings is 1. The molecule has 2 fully saturated rings. The molecule has 348 valence electrons. The van der Waals surface area contributed by atoms with E-state index >= 15 is 0 Å². The fraction of sp³-hybridized carbons (Fsp3) is 0.429. The quantitative estimate of drug-likeness (QED) is 0.0854. The number of pyridine rings is 1. The zero-order valence-electron chi connectivity index (χ0n) is 37.6. The fourth-order valence-corrected chi connectivity index (χ4v) is 10.8. The number of nitrogens with zero attached hydrogens (tertiary/aromatic N) is 5. The number of carbonyl (C=O) groups excluding carboxylic acids is 1. The molecule has 9 rings (SSSR count). The molecule has 5 heterocycles. The zero-order valence-corrected chi connectivity index (χ0v) is 39.1. The van der Waals surface area contributed by atoms with Crippen molar-refractivity contribution in [2.24, 2.45) is 11.3 Å². The summed E-state index contributed by atoms with van der Waals surface area (Å²) in [5, 5.41) is 13.9. The summed E-state index contributed by atoms with van der Waals surface area (Å²) in [5.74, 6) is -0.357. The van der Waals surface area contributed by atoms with E-state index < -0.39 is 25.7 Å². The maximum absolute atomic E-state index is 14.1. The monoisotopic (exact) mass is 937 g/mol. The van der Waals surface area contributed by atoms with Gasteiger partial charge in [-0.25, -0.2) is 18.1 Å². The Morgan fingerprint density at radius 1 is 1.05 bits per heavy atom. The highest BCUT2D eigenvalue weighted by Gasteiger charge is 2.34. The highest BCUT2D eigenvalue weighted by atomic mass is 35.5. The number of nitro benzene ring substituents is 1. The molecular formula is C49H56ClN7O8S. The Labute approximate surface area is 390 Å². The predicted molar refractivity (Wildman–Crippen MR) is 254 cm³/mol. The van der Waals surface area contributed by atoms with Gasteiger partial charge in [-0.15, -0.1) is 0 Å². The summed E-state index contributed by atoms with van der Waals surface area (Å²) in [5.41, 5.74) is 5.72. The van der Waals surface area contributed by atoms with Crippen molar-refractivity contribution >= 4 is 55.5 Å². The van der Waals surface area contributed by atoms with Gasteiger partial charge in [0.25, 0.3) is 21.6 Å². The van der Waals surface area contributed by atoms with Crippen LogP contribution in [0.2, 0.25) is 5.02 Å².